The maximum atomic E-state index is 13.6. The van der Waals surface area contributed by atoms with Gasteiger partial charge in [0, 0.05) is 6.42 Å². The van der Waals surface area contributed by atoms with Crippen LogP contribution in [0.25, 0.3) is 0 Å². The molecule has 7 heteroatoms. The molecule has 0 fully saturated rings. The van der Waals surface area contributed by atoms with Crippen molar-refractivity contribution >= 4 is 23.4 Å². The van der Waals surface area contributed by atoms with E-state index in [1.54, 1.807) is 6.92 Å². The monoisotopic (exact) mass is 318 g/mol. The molecule has 0 saturated carbocycles. The van der Waals surface area contributed by atoms with E-state index in [4.69, 9.17) is 16.3 Å². The van der Waals surface area contributed by atoms with Crippen molar-refractivity contribution in [2.24, 2.45) is 0 Å². The van der Waals surface area contributed by atoms with Crippen LogP contribution < -0.4 is 0 Å². The van der Waals surface area contributed by atoms with Crippen molar-refractivity contribution < 1.29 is 27.8 Å². The third-order valence-corrected chi connectivity index (χ3v) is 2.72. The number of hydrogen-bond donors (Lipinski definition) is 0. The molecule has 4 nitrogen and oxygen atoms in total. The van der Waals surface area contributed by atoms with Crippen LogP contribution in [-0.2, 0) is 14.3 Å². The average Bonchev–Trinajstić information content (AvgIpc) is 2.44. The quantitative estimate of drug-likeness (QED) is 0.193. The minimum atomic E-state index is -1.09. The molecule has 0 aliphatic rings. The minimum absolute atomic E-state index is 0.0663. The molecule has 0 saturated heterocycles. The summed E-state index contributed by atoms with van der Waals surface area (Å²) in [6.07, 6.45) is 1.99. The number of ether oxygens (including phenoxy) is 2. The van der Waals surface area contributed by atoms with Crippen LogP contribution in [0.15, 0.2) is 24.5 Å². The second-order valence-corrected chi connectivity index (χ2v) is 4.20. The van der Waals surface area contributed by atoms with Crippen LogP contribution in [0.4, 0.5) is 8.78 Å². The summed E-state index contributed by atoms with van der Waals surface area (Å²) in [5, 5.41) is -0.719. The number of halogens is 3. The molecule has 1 aromatic rings. The number of esters is 1. The van der Waals surface area contributed by atoms with Crippen molar-refractivity contribution in [3.8, 4) is 0 Å². The van der Waals surface area contributed by atoms with Crippen molar-refractivity contribution in [3.05, 3.63) is 46.7 Å². The minimum Gasteiger partial charge on any atom is -0.500 e. The summed E-state index contributed by atoms with van der Waals surface area (Å²) in [6, 6.07) is 1.94. The van der Waals surface area contributed by atoms with Crippen molar-refractivity contribution in [2.45, 2.75) is 13.3 Å². The van der Waals surface area contributed by atoms with Gasteiger partial charge < -0.3 is 9.47 Å². The number of hydrogen-bond acceptors (Lipinski definition) is 4. The largest absolute Gasteiger partial charge is 0.500 e. The molecule has 0 aliphatic carbocycles. The Morgan fingerprint density at radius 2 is 2.05 bits per heavy atom. The van der Waals surface area contributed by atoms with E-state index in [1.165, 1.54) is 0 Å². The first kappa shape index (κ1) is 17.1. The molecular formula is C14H13ClF2O4. The molecule has 0 atom stereocenters. The lowest BCUT2D eigenvalue weighted by Gasteiger charge is -2.05. The smallest absolute Gasteiger partial charge is 0.333 e. The van der Waals surface area contributed by atoms with Crippen LogP contribution in [0, 0.1) is 11.6 Å². The van der Waals surface area contributed by atoms with E-state index in [0.29, 0.717) is 0 Å². The number of ketones is 1. The fraction of sp³-hybridized carbons (Fsp3) is 0.286. The SMILES string of the molecule is CCOC(=O)C=COCCC(=O)c1ccc(F)c(Cl)c1F. The van der Waals surface area contributed by atoms with Gasteiger partial charge in [-0.1, -0.05) is 11.6 Å². The Hall–Kier alpha value is -1.95. The molecule has 114 valence electrons. The van der Waals surface area contributed by atoms with Gasteiger partial charge in [0.1, 0.15) is 10.8 Å². The average molecular weight is 319 g/mol. The summed E-state index contributed by atoms with van der Waals surface area (Å²) in [6.45, 7) is 1.84. The highest BCUT2D eigenvalue weighted by Gasteiger charge is 2.17. The van der Waals surface area contributed by atoms with Crippen LogP contribution in [0.2, 0.25) is 5.02 Å². The number of carbonyl (C=O) groups is 2. The van der Waals surface area contributed by atoms with Crippen molar-refractivity contribution in [1.82, 2.24) is 0 Å². The number of benzene rings is 1. The molecule has 1 aromatic carbocycles. The first-order chi connectivity index (χ1) is 9.97. The van der Waals surface area contributed by atoms with Gasteiger partial charge in [0.25, 0.3) is 0 Å². The second-order valence-electron chi connectivity index (χ2n) is 3.82. The molecule has 21 heavy (non-hydrogen) atoms. The van der Waals surface area contributed by atoms with Crippen LogP contribution in [0.1, 0.15) is 23.7 Å². The summed E-state index contributed by atoms with van der Waals surface area (Å²) in [7, 11) is 0. The van der Waals surface area contributed by atoms with Crippen LogP contribution in [-0.4, -0.2) is 25.0 Å². The van der Waals surface area contributed by atoms with E-state index in [0.717, 1.165) is 24.5 Å². The predicted octanol–water partition coefficient (Wildman–Crippen LogP) is 3.28. The number of carbonyl (C=O) groups excluding carboxylic acids is 2. The summed E-state index contributed by atoms with van der Waals surface area (Å²) in [4.78, 5) is 22.6. The van der Waals surface area contributed by atoms with Gasteiger partial charge in [0.2, 0.25) is 0 Å². The molecule has 0 radical (unpaired) electrons. The Labute approximate surface area is 125 Å². The molecule has 0 bridgehead atoms. The Kier molecular flexibility index (Phi) is 6.81. The van der Waals surface area contributed by atoms with E-state index < -0.39 is 28.4 Å². The van der Waals surface area contributed by atoms with Gasteiger partial charge in [0.15, 0.2) is 11.6 Å². The summed E-state index contributed by atoms with van der Waals surface area (Å²) in [5.41, 5.74) is -0.306. The summed E-state index contributed by atoms with van der Waals surface area (Å²) in [5.74, 6) is -3.18. The zero-order chi connectivity index (χ0) is 15.8. The van der Waals surface area contributed by atoms with Gasteiger partial charge in [-0.15, -0.1) is 0 Å². The van der Waals surface area contributed by atoms with Crippen molar-refractivity contribution in [2.75, 3.05) is 13.2 Å². The molecule has 0 aromatic heterocycles. The van der Waals surface area contributed by atoms with E-state index in [9.17, 15) is 18.4 Å². The topological polar surface area (TPSA) is 52.6 Å². The molecule has 0 N–H and O–H groups in total. The lowest BCUT2D eigenvalue weighted by atomic mass is 10.1. The number of Topliss-reactive ketones (excluding diaryl/α,β-unsaturated/α-hetero) is 1. The van der Waals surface area contributed by atoms with Crippen LogP contribution in [0.5, 0.6) is 0 Å². The molecule has 0 aliphatic heterocycles. The second kappa shape index (κ2) is 8.36. The Morgan fingerprint density at radius 1 is 1.33 bits per heavy atom. The lowest BCUT2D eigenvalue weighted by molar-refractivity contribution is -0.137. The van der Waals surface area contributed by atoms with Gasteiger partial charge in [-0.3, -0.25) is 4.79 Å². The molecular weight excluding hydrogens is 306 g/mol. The predicted molar refractivity (Wildman–Crippen MR) is 72.0 cm³/mol. The zero-order valence-electron chi connectivity index (χ0n) is 11.2. The fourth-order valence-electron chi connectivity index (χ4n) is 1.39. The first-order valence-electron chi connectivity index (χ1n) is 6.09. The summed E-state index contributed by atoms with van der Waals surface area (Å²) >= 11 is 5.38. The molecule has 0 amide bonds. The third-order valence-electron chi connectivity index (χ3n) is 2.37. The molecule has 0 heterocycles. The molecule has 0 unspecified atom stereocenters. The van der Waals surface area contributed by atoms with Gasteiger partial charge in [0.05, 0.1) is 31.1 Å². The Morgan fingerprint density at radius 3 is 2.71 bits per heavy atom. The maximum absolute atomic E-state index is 13.6. The highest BCUT2D eigenvalue weighted by atomic mass is 35.5. The fourth-order valence-corrected chi connectivity index (χ4v) is 1.55. The Balaban J connectivity index is 2.48. The van der Waals surface area contributed by atoms with Gasteiger partial charge in [-0.05, 0) is 19.1 Å². The maximum Gasteiger partial charge on any atom is 0.333 e. The lowest BCUT2D eigenvalue weighted by Crippen LogP contribution is -2.07. The molecule has 1 rings (SSSR count). The van der Waals surface area contributed by atoms with E-state index >= 15 is 0 Å². The zero-order valence-corrected chi connectivity index (χ0v) is 12.0. The van der Waals surface area contributed by atoms with Crippen LogP contribution >= 0.6 is 11.6 Å². The van der Waals surface area contributed by atoms with Crippen molar-refractivity contribution in [3.63, 3.8) is 0 Å². The first-order valence-corrected chi connectivity index (χ1v) is 6.46. The van der Waals surface area contributed by atoms with E-state index in [1.807, 2.05) is 0 Å². The van der Waals surface area contributed by atoms with Gasteiger partial charge in [-0.2, -0.15) is 0 Å². The van der Waals surface area contributed by atoms with Gasteiger partial charge >= 0.3 is 5.97 Å². The standard InChI is InChI=1S/C14H13ClF2O4/c1-2-21-12(19)6-8-20-7-5-11(18)9-3-4-10(16)13(15)14(9)17/h3-4,6,8H,2,5,7H2,1H3. The third kappa shape index (κ3) is 5.15. The highest BCUT2D eigenvalue weighted by Crippen LogP contribution is 2.22. The molecule has 0 spiro atoms. The van der Waals surface area contributed by atoms with E-state index in [-0.39, 0.29) is 25.2 Å². The Bertz CT molecular complexity index is 558. The highest BCUT2D eigenvalue weighted by molar-refractivity contribution is 6.31. The normalized spacial score (nSPS) is 10.7. The van der Waals surface area contributed by atoms with Gasteiger partial charge in [-0.25, -0.2) is 13.6 Å². The van der Waals surface area contributed by atoms with E-state index in [2.05, 4.69) is 4.74 Å². The van der Waals surface area contributed by atoms with Crippen molar-refractivity contribution in [1.29, 1.82) is 0 Å². The number of rotatable bonds is 7. The summed E-state index contributed by atoms with van der Waals surface area (Å²) < 4.78 is 36.0. The van der Waals surface area contributed by atoms with Crippen LogP contribution in [0.3, 0.4) is 0 Å².